The molecule has 4 rings (SSSR count). The van der Waals surface area contributed by atoms with Crippen molar-refractivity contribution in [3.05, 3.63) is 66.2 Å². The zero-order chi connectivity index (χ0) is 20.2. The van der Waals surface area contributed by atoms with E-state index < -0.39 is 0 Å². The van der Waals surface area contributed by atoms with Crippen molar-refractivity contribution in [3.63, 3.8) is 0 Å². The number of ether oxygens (including phenoxy) is 1. The highest BCUT2D eigenvalue weighted by atomic mass is 19.1. The summed E-state index contributed by atoms with van der Waals surface area (Å²) in [6, 6.07) is 14.6. The van der Waals surface area contributed by atoms with Crippen molar-refractivity contribution in [1.82, 2.24) is 9.97 Å². The molecule has 1 fully saturated rings. The Balaban J connectivity index is 1.44. The second-order valence-electron chi connectivity index (χ2n) is 7.04. The number of aromatic nitrogens is 2. The molecule has 29 heavy (non-hydrogen) atoms. The average Bonchev–Trinajstić information content (AvgIpc) is 2.75. The van der Waals surface area contributed by atoms with Gasteiger partial charge >= 0.3 is 0 Å². The highest BCUT2D eigenvalue weighted by molar-refractivity contribution is 5.66. The maximum atomic E-state index is 13.1. The molecular weight excluding hydrogens is 369 g/mol. The summed E-state index contributed by atoms with van der Waals surface area (Å²) in [6.07, 6.45) is 1.58. The fourth-order valence-corrected chi connectivity index (χ4v) is 3.49. The van der Waals surface area contributed by atoms with E-state index in [1.54, 1.807) is 13.4 Å². The molecule has 0 unspecified atom stereocenters. The first-order valence-corrected chi connectivity index (χ1v) is 9.61. The van der Waals surface area contributed by atoms with Crippen LogP contribution >= 0.6 is 0 Å². The zero-order valence-corrected chi connectivity index (χ0v) is 16.6. The summed E-state index contributed by atoms with van der Waals surface area (Å²) in [5.41, 5.74) is 3.06. The Hall–Kier alpha value is -3.35. The molecule has 0 spiro atoms. The van der Waals surface area contributed by atoms with Gasteiger partial charge in [0.1, 0.15) is 29.5 Å². The number of hydrogen-bond donors (Lipinski definition) is 1. The fourth-order valence-electron chi connectivity index (χ4n) is 3.49. The van der Waals surface area contributed by atoms with Crippen LogP contribution in [0.25, 0.3) is 0 Å². The van der Waals surface area contributed by atoms with Crippen LogP contribution < -0.4 is 19.9 Å². The van der Waals surface area contributed by atoms with Gasteiger partial charge in [0.2, 0.25) is 0 Å². The molecule has 0 radical (unpaired) electrons. The van der Waals surface area contributed by atoms with Gasteiger partial charge in [-0.3, -0.25) is 0 Å². The number of benzene rings is 2. The van der Waals surface area contributed by atoms with Gasteiger partial charge in [0.25, 0.3) is 0 Å². The molecule has 2 heterocycles. The third-order valence-electron chi connectivity index (χ3n) is 5.07. The molecule has 1 saturated heterocycles. The molecule has 150 valence electrons. The predicted octanol–water partition coefficient (Wildman–Crippen LogP) is 4.00. The van der Waals surface area contributed by atoms with Gasteiger partial charge in [0, 0.05) is 37.9 Å². The van der Waals surface area contributed by atoms with Gasteiger partial charge in [-0.1, -0.05) is 6.07 Å². The maximum absolute atomic E-state index is 13.1. The van der Waals surface area contributed by atoms with Crippen molar-refractivity contribution in [2.24, 2.45) is 0 Å². The van der Waals surface area contributed by atoms with Crippen LogP contribution in [0.4, 0.5) is 27.4 Å². The van der Waals surface area contributed by atoms with Crippen LogP contribution in [0.15, 0.2) is 54.9 Å². The Morgan fingerprint density at radius 1 is 0.931 bits per heavy atom. The molecule has 3 aromatic rings. The van der Waals surface area contributed by atoms with Gasteiger partial charge in [-0.05, 0) is 48.9 Å². The van der Waals surface area contributed by atoms with Crippen LogP contribution in [-0.4, -0.2) is 43.3 Å². The van der Waals surface area contributed by atoms with Crippen molar-refractivity contribution in [2.45, 2.75) is 6.92 Å². The number of hydrogen-bond acceptors (Lipinski definition) is 6. The molecule has 1 aromatic heterocycles. The Morgan fingerprint density at radius 3 is 2.38 bits per heavy atom. The van der Waals surface area contributed by atoms with Gasteiger partial charge in [0.15, 0.2) is 0 Å². The van der Waals surface area contributed by atoms with E-state index >= 15 is 0 Å². The molecule has 2 aromatic carbocycles. The van der Waals surface area contributed by atoms with E-state index in [-0.39, 0.29) is 5.82 Å². The standard InChI is InChI=1S/C22H24FN5O/c1-16-3-8-20(29-2)19(13-16)26-21-14-22(25-15-24-21)28-11-9-27(10-12-28)18-6-4-17(23)5-7-18/h3-8,13-15H,9-12H2,1-2H3,(H,24,25,26). The summed E-state index contributed by atoms with van der Waals surface area (Å²) in [7, 11) is 1.65. The lowest BCUT2D eigenvalue weighted by molar-refractivity contribution is 0.416. The molecule has 1 aliphatic heterocycles. The van der Waals surface area contributed by atoms with E-state index in [0.29, 0.717) is 0 Å². The highest BCUT2D eigenvalue weighted by Crippen LogP contribution is 2.29. The molecule has 0 amide bonds. The summed E-state index contributed by atoms with van der Waals surface area (Å²) >= 11 is 0. The zero-order valence-electron chi connectivity index (χ0n) is 16.6. The number of halogens is 1. The van der Waals surface area contributed by atoms with Crippen molar-refractivity contribution < 1.29 is 9.13 Å². The molecule has 6 nitrogen and oxygen atoms in total. The number of piperazine rings is 1. The Kier molecular flexibility index (Phi) is 5.46. The molecule has 0 aliphatic carbocycles. The molecule has 1 N–H and O–H groups in total. The predicted molar refractivity (Wildman–Crippen MR) is 114 cm³/mol. The van der Waals surface area contributed by atoms with E-state index in [1.807, 2.05) is 43.3 Å². The molecule has 0 bridgehead atoms. The first kappa shape index (κ1) is 19.0. The highest BCUT2D eigenvalue weighted by Gasteiger charge is 2.19. The van der Waals surface area contributed by atoms with Crippen LogP contribution in [0.5, 0.6) is 5.75 Å². The van der Waals surface area contributed by atoms with E-state index in [0.717, 1.165) is 60.5 Å². The second kappa shape index (κ2) is 8.34. The number of rotatable bonds is 5. The second-order valence-corrected chi connectivity index (χ2v) is 7.04. The number of aryl methyl sites for hydroxylation is 1. The summed E-state index contributed by atoms with van der Waals surface area (Å²) < 4.78 is 18.6. The van der Waals surface area contributed by atoms with E-state index in [1.165, 1.54) is 12.1 Å². The number of nitrogens with one attached hydrogen (secondary N) is 1. The van der Waals surface area contributed by atoms with Gasteiger partial charge in [0.05, 0.1) is 12.8 Å². The normalized spacial score (nSPS) is 14.0. The maximum Gasteiger partial charge on any atom is 0.142 e. The minimum Gasteiger partial charge on any atom is -0.495 e. The molecule has 0 saturated carbocycles. The van der Waals surface area contributed by atoms with Crippen LogP contribution in [0.2, 0.25) is 0 Å². The van der Waals surface area contributed by atoms with Gasteiger partial charge in [-0.2, -0.15) is 0 Å². The Morgan fingerprint density at radius 2 is 1.66 bits per heavy atom. The van der Waals surface area contributed by atoms with Crippen LogP contribution in [0.1, 0.15) is 5.56 Å². The minimum atomic E-state index is -0.210. The first-order valence-electron chi connectivity index (χ1n) is 9.61. The van der Waals surface area contributed by atoms with Crippen molar-refractivity contribution in [1.29, 1.82) is 0 Å². The summed E-state index contributed by atoms with van der Waals surface area (Å²) in [5.74, 6) is 2.16. The average molecular weight is 393 g/mol. The van der Waals surface area contributed by atoms with Gasteiger partial charge < -0.3 is 19.9 Å². The molecule has 7 heteroatoms. The van der Waals surface area contributed by atoms with E-state index in [4.69, 9.17) is 4.74 Å². The number of methoxy groups -OCH3 is 1. The summed E-state index contributed by atoms with van der Waals surface area (Å²) in [4.78, 5) is 13.3. The van der Waals surface area contributed by atoms with Crippen LogP contribution in [0.3, 0.4) is 0 Å². The monoisotopic (exact) mass is 393 g/mol. The summed E-state index contributed by atoms with van der Waals surface area (Å²) in [6.45, 7) is 5.41. The minimum absolute atomic E-state index is 0.210. The first-order chi connectivity index (χ1) is 14.1. The smallest absolute Gasteiger partial charge is 0.142 e. The molecule has 1 aliphatic rings. The van der Waals surface area contributed by atoms with Gasteiger partial charge in [-0.15, -0.1) is 0 Å². The lowest BCUT2D eigenvalue weighted by Crippen LogP contribution is -2.46. The van der Waals surface area contributed by atoms with E-state index in [2.05, 4.69) is 25.1 Å². The SMILES string of the molecule is COc1ccc(C)cc1Nc1cc(N2CCN(c3ccc(F)cc3)CC2)ncn1. The van der Waals surface area contributed by atoms with Gasteiger partial charge in [-0.25, -0.2) is 14.4 Å². The van der Waals surface area contributed by atoms with E-state index in [9.17, 15) is 4.39 Å². The van der Waals surface area contributed by atoms with Crippen molar-refractivity contribution in [3.8, 4) is 5.75 Å². The molecular formula is C22H24FN5O. The summed E-state index contributed by atoms with van der Waals surface area (Å²) in [5, 5.41) is 3.33. The third-order valence-corrected chi connectivity index (χ3v) is 5.07. The van der Waals surface area contributed by atoms with Crippen LogP contribution in [-0.2, 0) is 0 Å². The Bertz CT molecular complexity index is 971. The number of nitrogens with zero attached hydrogens (tertiary/aromatic N) is 4. The van der Waals surface area contributed by atoms with Crippen LogP contribution in [0, 0.1) is 12.7 Å². The third kappa shape index (κ3) is 4.39. The largest absolute Gasteiger partial charge is 0.495 e. The van der Waals surface area contributed by atoms with Crippen molar-refractivity contribution in [2.75, 3.05) is 48.4 Å². The van der Waals surface area contributed by atoms with Crippen molar-refractivity contribution >= 4 is 23.0 Å². The number of anilines is 4. The lowest BCUT2D eigenvalue weighted by atomic mass is 10.2. The lowest BCUT2D eigenvalue weighted by Gasteiger charge is -2.36. The topological polar surface area (TPSA) is 53.5 Å². The molecule has 0 atom stereocenters. The quantitative estimate of drug-likeness (QED) is 0.707. The Labute approximate surface area is 170 Å². The fraction of sp³-hybridized carbons (Fsp3) is 0.273.